The molecule has 0 saturated carbocycles. The molecule has 0 spiro atoms. The zero-order valence-electron chi connectivity index (χ0n) is 19.4. The zero-order chi connectivity index (χ0) is 26.0. The summed E-state index contributed by atoms with van der Waals surface area (Å²) in [6.07, 6.45) is 1.67. The predicted octanol–water partition coefficient (Wildman–Crippen LogP) is -5.03. The first-order chi connectivity index (χ1) is 17.3. The molecule has 2 aliphatic heterocycles. The Morgan fingerprint density at radius 1 is 1.41 bits per heavy atom. The van der Waals surface area contributed by atoms with Crippen molar-refractivity contribution in [2.45, 2.75) is 31.4 Å². The number of rotatable bonds is 10. The van der Waals surface area contributed by atoms with Crippen molar-refractivity contribution in [2.75, 3.05) is 30.4 Å². The van der Waals surface area contributed by atoms with Crippen molar-refractivity contribution in [1.82, 2.24) is 24.3 Å². The molecule has 4 rings (SSSR count). The third kappa shape index (κ3) is 5.48. The summed E-state index contributed by atoms with van der Waals surface area (Å²) in [4.78, 5) is 48.2. The number of hydrogen-bond acceptors (Lipinski definition) is 12. The highest BCUT2D eigenvalue weighted by Gasteiger charge is 2.55. The molecule has 2 aliphatic rings. The fourth-order valence-electron chi connectivity index (χ4n) is 3.82. The average Bonchev–Trinajstić information content (AvgIpc) is 3.43. The molecule has 2 atom stereocenters. The number of anilines is 2. The molecule has 18 heteroatoms. The number of hydrogen-bond donors (Lipinski definition) is 5. The smallest absolute Gasteiger partial charge is 0.352 e. The van der Waals surface area contributed by atoms with E-state index in [0.717, 1.165) is 11.5 Å². The molecule has 200 valence electrons. The Kier molecular flexibility index (Phi) is 8.95. The third-order valence-corrected chi connectivity index (χ3v) is 7.26. The van der Waals surface area contributed by atoms with Gasteiger partial charge in [-0.2, -0.15) is 9.36 Å². The van der Waals surface area contributed by atoms with Gasteiger partial charge >= 0.3 is 5.97 Å². The number of nitrogens with two attached hydrogens (primary N) is 2. The highest BCUT2D eigenvalue weighted by molar-refractivity contribution is 8.00. The lowest BCUT2D eigenvalue weighted by Crippen LogP contribution is -3.00. The van der Waals surface area contributed by atoms with Crippen molar-refractivity contribution in [2.24, 2.45) is 5.16 Å². The number of aliphatic carboxylic acids is 1. The van der Waals surface area contributed by atoms with Crippen LogP contribution in [0.4, 0.5) is 10.9 Å². The number of carboxylic acid groups (broad SMARTS) is 1. The van der Waals surface area contributed by atoms with Crippen LogP contribution in [-0.4, -0.2) is 83.0 Å². The molecule has 0 aromatic carbocycles. The number of amides is 2. The lowest BCUT2D eigenvalue weighted by molar-refractivity contribution is -0.767. The predicted molar refractivity (Wildman–Crippen MR) is 128 cm³/mol. The van der Waals surface area contributed by atoms with Gasteiger partial charge in [-0.1, -0.05) is 5.16 Å². The molecule has 2 aromatic rings. The van der Waals surface area contributed by atoms with Crippen LogP contribution in [0, 0.1) is 0 Å². The number of carboxylic acids is 1. The van der Waals surface area contributed by atoms with Gasteiger partial charge in [0.2, 0.25) is 11.5 Å². The molecule has 0 aliphatic carbocycles. The minimum atomic E-state index is -1.26. The molecule has 15 nitrogen and oxygen atoms in total. The standard InChI is InChI=1S/C19H23N9O6S2.ClH/c1-2-34-24-11(14-23-19(21)36-25-14)15(30)22-12-16(31)28-13(18(32)33)9(8-35-17(12)28)7-26-4-3-10(20)27(26)5-6-29;/h3-4,12,17,20,29H,2,5-8H2,1H3,(H4,21,22,23,25,30,32,33);1H/b24-11-;/t12-,17-;/m1./s1. The number of aliphatic hydroxyl groups excluding tert-OH is 1. The number of β-lactam (4-membered cyclic amide) rings is 1. The Labute approximate surface area is 224 Å². The molecule has 4 heterocycles. The zero-order valence-corrected chi connectivity index (χ0v) is 21.8. The van der Waals surface area contributed by atoms with Crippen LogP contribution in [0.2, 0.25) is 0 Å². The molecule has 37 heavy (non-hydrogen) atoms. The van der Waals surface area contributed by atoms with E-state index in [1.165, 1.54) is 16.7 Å². The summed E-state index contributed by atoms with van der Waals surface area (Å²) in [6, 6.07) is 0.657. The summed E-state index contributed by atoms with van der Waals surface area (Å²) in [6.45, 7) is 2.10. The van der Waals surface area contributed by atoms with Crippen LogP contribution in [-0.2, 0) is 32.3 Å². The largest absolute Gasteiger partial charge is 1.00 e. The molecule has 0 unspecified atom stereocenters. The average molecular weight is 574 g/mol. The number of halogens is 1. The first-order valence-electron chi connectivity index (χ1n) is 10.7. The SMILES string of the molecule is CCO/N=C(\C(=O)N[C@@H]1C(=O)N2C(C(=O)O)=C(C[n+]3ccc(N)n3CCO)CS[C@H]12)c1nsc(N)n1.[Cl-]. The number of aromatic nitrogens is 4. The minimum Gasteiger partial charge on any atom is -1.00 e. The summed E-state index contributed by atoms with van der Waals surface area (Å²) in [5, 5.41) is 25.1. The van der Waals surface area contributed by atoms with E-state index in [9.17, 15) is 24.6 Å². The van der Waals surface area contributed by atoms with Gasteiger partial charge in [-0.3, -0.25) is 14.5 Å². The minimum absolute atomic E-state index is 0. The van der Waals surface area contributed by atoms with E-state index < -0.39 is 29.2 Å². The van der Waals surface area contributed by atoms with Crippen molar-refractivity contribution in [1.29, 1.82) is 0 Å². The van der Waals surface area contributed by atoms with Crippen LogP contribution in [0.25, 0.3) is 0 Å². The van der Waals surface area contributed by atoms with Crippen LogP contribution in [0.15, 0.2) is 28.7 Å². The van der Waals surface area contributed by atoms with E-state index in [1.807, 2.05) is 0 Å². The molecule has 2 aromatic heterocycles. The lowest BCUT2D eigenvalue weighted by Gasteiger charge is -2.49. The van der Waals surface area contributed by atoms with E-state index in [4.69, 9.17) is 16.3 Å². The van der Waals surface area contributed by atoms with E-state index in [1.54, 1.807) is 28.6 Å². The molecule has 2 amide bonds. The summed E-state index contributed by atoms with van der Waals surface area (Å²) in [7, 11) is 0. The first-order valence-corrected chi connectivity index (χ1v) is 12.5. The van der Waals surface area contributed by atoms with Gasteiger partial charge in [0.25, 0.3) is 11.8 Å². The molecule has 1 saturated heterocycles. The van der Waals surface area contributed by atoms with Gasteiger partial charge < -0.3 is 44.2 Å². The fraction of sp³-hybridized carbons (Fsp3) is 0.421. The summed E-state index contributed by atoms with van der Waals surface area (Å²) >= 11 is 2.19. The van der Waals surface area contributed by atoms with Gasteiger partial charge in [0.15, 0.2) is 23.7 Å². The maximum atomic E-state index is 13.0. The van der Waals surface area contributed by atoms with E-state index in [2.05, 4.69) is 19.8 Å². The number of nitrogens with zero attached hydrogens (tertiary/aromatic N) is 6. The molecule has 7 N–H and O–H groups in total. The second-order valence-corrected chi connectivity index (χ2v) is 9.51. The maximum Gasteiger partial charge on any atom is 0.352 e. The maximum absolute atomic E-state index is 13.0. The van der Waals surface area contributed by atoms with Crippen LogP contribution in [0.1, 0.15) is 12.7 Å². The van der Waals surface area contributed by atoms with Crippen LogP contribution < -0.4 is 33.9 Å². The van der Waals surface area contributed by atoms with Crippen LogP contribution in [0.3, 0.4) is 0 Å². The number of thioether (sulfide) groups is 1. The summed E-state index contributed by atoms with van der Waals surface area (Å²) in [5.74, 6) is -1.93. The second-order valence-electron chi connectivity index (χ2n) is 7.62. The van der Waals surface area contributed by atoms with Crippen LogP contribution in [0.5, 0.6) is 0 Å². The van der Waals surface area contributed by atoms with E-state index in [0.29, 0.717) is 17.1 Å². The Morgan fingerprint density at radius 2 is 2.16 bits per heavy atom. The van der Waals surface area contributed by atoms with Gasteiger partial charge in [-0.15, -0.1) is 21.1 Å². The number of fused-ring (bicyclic) bond motifs is 1. The third-order valence-electron chi connectivity index (χ3n) is 5.38. The fourth-order valence-corrected chi connectivity index (χ4v) is 5.59. The van der Waals surface area contributed by atoms with Crippen molar-refractivity contribution in [3.8, 4) is 0 Å². The van der Waals surface area contributed by atoms with Crippen molar-refractivity contribution in [3.05, 3.63) is 29.4 Å². The van der Waals surface area contributed by atoms with E-state index >= 15 is 0 Å². The number of nitrogen functional groups attached to an aromatic ring is 2. The normalized spacial score (nSPS) is 19.1. The van der Waals surface area contributed by atoms with Crippen molar-refractivity contribution < 1.29 is 46.5 Å². The number of aliphatic hydroxyl groups is 1. The Hall–Kier alpha value is -3.41. The molecule has 0 bridgehead atoms. The topological polar surface area (TPSA) is 215 Å². The van der Waals surface area contributed by atoms with Gasteiger partial charge in [0, 0.05) is 22.9 Å². The number of carbonyl (C=O) groups excluding carboxylic acids is 2. The van der Waals surface area contributed by atoms with E-state index in [-0.39, 0.29) is 61.1 Å². The Bertz CT molecular complexity index is 1260. The number of carbonyl (C=O) groups is 3. The number of nitrogens with one attached hydrogen (secondary N) is 1. The number of oxime groups is 1. The van der Waals surface area contributed by atoms with Gasteiger partial charge in [0.1, 0.15) is 30.3 Å². The highest BCUT2D eigenvalue weighted by Crippen LogP contribution is 2.40. The van der Waals surface area contributed by atoms with Gasteiger partial charge in [-0.05, 0) is 6.92 Å². The van der Waals surface area contributed by atoms with Crippen molar-refractivity contribution in [3.63, 3.8) is 0 Å². The highest BCUT2D eigenvalue weighted by atomic mass is 35.5. The van der Waals surface area contributed by atoms with Crippen LogP contribution >= 0.6 is 23.3 Å². The summed E-state index contributed by atoms with van der Waals surface area (Å²) < 4.78 is 7.26. The molecule has 0 radical (unpaired) electrons. The molecular formula is C19H24ClN9O6S2. The first kappa shape index (κ1) is 28.2. The second kappa shape index (κ2) is 11.8. The molecule has 1 fully saturated rings. The van der Waals surface area contributed by atoms with Gasteiger partial charge in [0.05, 0.1) is 12.7 Å². The lowest BCUT2D eigenvalue weighted by atomic mass is 10.0. The molecular weight excluding hydrogens is 550 g/mol. The van der Waals surface area contributed by atoms with Crippen molar-refractivity contribution >= 4 is 57.7 Å². The Morgan fingerprint density at radius 3 is 2.78 bits per heavy atom. The quantitative estimate of drug-likeness (QED) is 0.0784. The summed E-state index contributed by atoms with van der Waals surface area (Å²) in [5.41, 5.74) is 11.6. The Balaban J connectivity index is 0.00000380. The monoisotopic (exact) mass is 573 g/mol. The van der Waals surface area contributed by atoms with Gasteiger partial charge in [-0.25, -0.2) is 4.79 Å².